The Labute approximate surface area is 124 Å². The van der Waals surface area contributed by atoms with Gasteiger partial charge in [0.05, 0.1) is 5.56 Å². The van der Waals surface area contributed by atoms with Gasteiger partial charge in [-0.05, 0) is 37.4 Å². The Hall–Kier alpha value is -2.07. The SMILES string of the molecule is CN1CCC(CNC(=O)c2ccc3ccccc3c2O)C1. The van der Waals surface area contributed by atoms with Crippen LogP contribution >= 0.6 is 0 Å². The number of carbonyl (C=O) groups excluding carboxylic acids is 1. The normalized spacial score (nSPS) is 19.0. The minimum Gasteiger partial charge on any atom is -0.506 e. The molecule has 2 N–H and O–H groups in total. The van der Waals surface area contributed by atoms with E-state index in [1.807, 2.05) is 30.3 Å². The molecule has 110 valence electrons. The molecule has 0 bridgehead atoms. The molecule has 1 fully saturated rings. The molecule has 0 aromatic heterocycles. The quantitative estimate of drug-likeness (QED) is 0.908. The third-order valence-electron chi connectivity index (χ3n) is 4.19. The molecule has 1 atom stereocenters. The van der Waals surface area contributed by atoms with Gasteiger partial charge >= 0.3 is 0 Å². The largest absolute Gasteiger partial charge is 0.506 e. The van der Waals surface area contributed by atoms with Crippen LogP contribution in [0.2, 0.25) is 0 Å². The van der Waals surface area contributed by atoms with Gasteiger partial charge in [-0.3, -0.25) is 4.79 Å². The highest BCUT2D eigenvalue weighted by molar-refractivity contribution is 6.03. The van der Waals surface area contributed by atoms with Gasteiger partial charge in [0, 0.05) is 18.5 Å². The molecular formula is C17H20N2O2. The van der Waals surface area contributed by atoms with Crippen LogP contribution in [0.4, 0.5) is 0 Å². The number of carbonyl (C=O) groups is 1. The third kappa shape index (κ3) is 2.85. The van der Waals surface area contributed by atoms with Crippen LogP contribution in [0.25, 0.3) is 10.8 Å². The fourth-order valence-corrected chi connectivity index (χ4v) is 2.96. The molecule has 1 heterocycles. The Kier molecular flexibility index (Phi) is 3.80. The predicted octanol–water partition coefficient (Wildman–Crippen LogP) is 2.23. The molecule has 3 rings (SSSR count). The maximum Gasteiger partial charge on any atom is 0.255 e. The first-order valence-corrected chi connectivity index (χ1v) is 7.32. The van der Waals surface area contributed by atoms with Gasteiger partial charge in [0.15, 0.2) is 0 Å². The molecule has 1 aliphatic rings. The fourth-order valence-electron chi connectivity index (χ4n) is 2.96. The zero-order chi connectivity index (χ0) is 14.8. The number of likely N-dealkylation sites (tertiary alicyclic amines) is 1. The molecule has 1 saturated heterocycles. The van der Waals surface area contributed by atoms with Crippen LogP contribution in [0.1, 0.15) is 16.8 Å². The van der Waals surface area contributed by atoms with Crippen molar-refractivity contribution in [1.82, 2.24) is 10.2 Å². The van der Waals surface area contributed by atoms with Crippen molar-refractivity contribution in [1.29, 1.82) is 0 Å². The fraction of sp³-hybridized carbons (Fsp3) is 0.353. The standard InChI is InChI=1S/C17H20N2O2/c1-19-9-8-12(11-19)10-18-17(21)15-7-6-13-4-2-3-5-14(13)16(15)20/h2-7,12,20H,8-11H2,1H3,(H,18,21). The Bertz CT molecular complexity index is 669. The van der Waals surface area contributed by atoms with Gasteiger partial charge in [0.25, 0.3) is 5.91 Å². The van der Waals surface area contributed by atoms with Crippen molar-refractivity contribution in [3.8, 4) is 5.75 Å². The van der Waals surface area contributed by atoms with Crippen LogP contribution in [-0.4, -0.2) is 42.6 Å². The van der Waals surface area contributed by atoms with Gasteiger partial charge in [-0.15, -0.1) is 0 Å². The average molecular weight is 284 g/mol. The van der Waals surface area contributed by atoms with Crippen LogP contribution in [0.15, 0.2) is 36.4 Å². The van der Waals surface area contributed by atoms with E-state index in [-0.39, 0.29) is 11.7 Å². The lowest BCUT2D eigenvalue weighted by Gasteiger charge is -2.13. The second-order valence-electron chi connectivity index (χ2n) is 5.81. The zero-order valence-corrected chi connectivity index (χ0v) is 12.2. The van der Waals surface area contributed by atoms with Crippen LogP contribution in [-0.2, 0) is 0 Å². The molecule has 2 aromatic carbocycles. The molecule has 4 heteroatoms. The molecule has 21 heavy (non-hydrogen) atoms. The van der Waals surface area contributed by atoms with Gasteiger partial charge in [0.2, 0.25) is 0 Å². The number of phenolic OH excluding ortho intramolecular Hbond substituents is 1. The number of hydrogen-bond donors (Lipinski definition) is 2. The molecule has 0 spiro atoms. The number of amides is 1. The minimum absolute atomic E-state index is 0.0640. The summed E-state index contributed by atoms with van der Waals surface area (Å²) >= 11 is 0. The zero-order valence-electron chi connectivity index (χ0n) is 12.2. The van der Waals surface area contributed by atoms with Gasteiger partial charge in [-0.25, -0.2) is 0 Å². The molecule has 0 saturated carbocycles. The van der Waals surface area contributed by atoms with Gasteiger partial charge in [-0.1, -0.05) is 30.3 Å². The van der Waals surface area contributed by atoms with Crippen LogP contribution < -0.4 is 5.32 Å². The van der Waals surface area contributed by atoms with E-state index in [2.05, 4.69) is 17.3 Å². The van der Waals surface area contributed by atoms with Crippen LogP contribution in [0.5, 0.6) is 5.75 Å². The molecule has 1 aliphatic heterocycles. The smallest absolute Gasteiger partial charge is 0.255 e. The maximum atomic E-state index is 12.3. The number of rotatable bonds is 3. The predicted molar refractivity (Wildman–Crippen MR) is 83.6 cm³/mol. The molecule has 1 unspecified atom stereocenters. The molecular weight excluding hydrogens is 264 g/mol. The highest BCUT2D eigenvalue weighted by Crippen LogP contribution is 2.28. The third-order valence-corrected chi connectivity index (χ3v) is 4.19. The maximum absolute atomic E-state index is 12.3. The first kappa shape index (κ1) is 13.9. The molecule has 1 amide bonds. The van der Waals surface area contributed by atoms with E-state index < -0.39 is 0 Å². The Morgan fingerprint density at radius 1 is 1.33 bits per heavy atom. The van der Waals surface area contributed by atoms with E-state index in [1.165, 1.54) is 0 Å². The summed E-state index contributed by atoms with van der Waals surface area (Å²) in [6.07, 6.45) is 1.11. The van der Waals surface area contributed by atoms with E-state index in [0.29, 0.717) is 23.4 Å². The summed E-state index contributed by atoms with van der Waals surface area (Å²) in [7, 11) is 2.09. The van der Waals surface area contributed by atoms with E-state index in [4.69, 9.17) is 0 Å². The number of aromatic hydroxyl groups is 1. The summed E-state index contributed by atoms with van der Waals surface area (Å²) in [6, 6.07) is 11.1. The molecule has 0 radical (unpaired) electrons. The monoisotopic (exact) mass is 284 g/mol. The van der Waals surface area contributed by atoms with Crippen molar-refractivity contribution < 1.29 is 9.90 Å². The van der Waals surface area contributed by atoms with E-state index in [0.717, 1.165) is 24.9 Å². The van der Waals surface area contributed by atoms with E-state index >= 15 is 0 Å². The van der Waals surface area contributed by atoms with E-state index in [1.54, 1.807) is 6.07 Å². The van der Waals surface area contributed by atoms with Crippen LogP contribution in [0, 0.1) is 5.92 Å². The second kappa shape index (κ2) is 5.74. The Morgan fingerprint density at radius 3 is 2.90 bits per heavy atom. The Balaban J connectivity index is 1.74. The number of fused-ring (bicyclic) bond motifs is 1. The second-order valence-corrected chi connectivity index (χ2v) is 5.81. The number of nitrogens with zero attached hydrogens (tertiary/aromatic N) is 1. The van der Waals surface area contributed by atoms with Gasteiger partial charge in [0.1, 0.15) is 5.75 Å². The lowest BCUT2D eigenvalue weighted by atomic mass is 10.0. The lowest BCUT2D eigenvalue weighted by Crippen LogP contribution is -2.30. The first-order chi connectivity index (χ1) is 10.1. The summed E-state index contributed by atoms with van der Waals surface area (Å²) in [5.41, 5.74) is 0.347. The van der Waals surface area contributed by atoms with Crippen molar-refractivity contribution in [2.45, 2.75) is 6.42 Å². The summed E-state index contributed by atoms with van der Waals surface area (Å²) < 4.78 is 0. The topological polar surface area (TPSA) is 52.6 Å². The Morgan fingerprint density at radius 2 is 2.14 bits per heavy atom. The highest BCUT2D eigenvalue weighted by atomic mass is 16.3. The first-order valence-electron chi connectivity index (χ1n) is 7.32. The molecule has 0 aliphatic carbocycles. The van der Waals surface area contributed by atoms with E-state index in [9.17, 15) is 9.90 Å². The number of benzene rings is 2. The number of phenols is 1. The summed E-state index contributed by atoms with van der Waals surface area (Å²) in [5, 5.41) is 14.9. The lowest BCUT2D eigenvalue weighted by molar-refractivity contribution is 0.0945. The summed E-state index contributed by atoms with van der Waals surface area (Å²) in [4.78, 5) is 14.5. The van der Waals surface area contributed by atoms with Crippen molar-refractivity contribution in [2.75, 3.05) is 26.7 Å². The summed E-state index contributed by atoms with van der Waals surface area (Å²) in [6.45, 7) is 2.77. The van der Waals surface area contributed by atoms with Crippen molar-refractivity contribution in [3.05, 3.63) is 42.0 Å². The van der Waals surface area contributed by atoms with Crippen molar-refractivity contribution in [3.63, 3.8) is 0 Å². The number of hydrogen-bond acceptors (Lipinski definition) is 3. The molecule has 4 nitrogen and oxygen atoms in total. The van der Waals surface area contributed by atoms with Gasteiger partial charge in [-0.2, -0.15) is 0 Å². The average Bonchev–Trinajstić information content (AvgIpc) is 2.91. The van der Waals surface area contributed by atoms with Crippen LogP contribution in [0.3, 0.4) is 0 Å². The van der Waals surface area contributed by atoms with Crippen molar-refractivity contribution >= 4 is 16.7 Å². The number of nitrogens with one attached hydrogen (secondary N) is 1. The minimum atomic E-state index is -0.201. The van der Waals surface area contributed by atoms with Gasteiger partial charge < -0.3 is 15.3 Å². The van der Waals surface area contributed by atoms with Crippen molar-refractivity contribution in [2.24, 2.45) is 5.92 Å². The highest BCUT2D eigenvalue weighted by Gasteiger charge is 2.21. The summed E-state index contributed by atoms with van der Waals surface area (Å²) in [5.74, 6) is 0.364. The molecule has 2 aromatic rings.